The lowest BCUT2D eigenvalue weighted by Gasteiger charge is -2.12. The predicted octanol–water partition coefficient (Wildman–Crippen LogP) is 2.74. The Kier molecular flexibility index (Phi) is 4.95. The number of hydrogen-bond donors (Lipinski definition) is 2. The van der Waals surface area contributed by atoms with Crippen LogP contribution in [0, 0.1) is 0 Å². The standard InChI is InChI=1S/C20H22N4O2/c25-20(18-7-4-10-26-18)23-16-6-3-5-15(11-16)12-21-13-17-14-22-19-8-1-2-9-24(17)19/h1-3,5-6,8-9,11,14,18,21H,4,7,10,12-13H2,(H,23,25). The number of nitrogens with zero attached hydrogens (tertiary/aromatic N) is 2. The van der Waals surface area contributed by atoms with E-state index in [0.29, 0.717) is 13.2 Å². The molecule has 134 valence electrons. The molecule has 3 heterocycles. The average Bonchev–Trinajstić information content (AvgIpc) is 3.32. The molecule has 0 saturated carbocycles. The van der Waals surface area contributed by atoms with Gasteiger partial charge < -0.3 is 19.8 Å². The summed E-state index contributed by atoms with van der Waals surface area (Å²) < 4.78 is 7.50. The van der Waals surface area contributed by atoms with Crippen molar-refractivity contribution in [2.45, 2.75) is 32.0 Å². The number of pyridine rings is 1. The number of nitrogens with one attached hydrogen (secondary N) is 2. The third-order valence-electron chi connectivity index (χ3n) is 4.55. The van der Waals surface area contributed by atoms with E-state index in [1.54, 1.807) is 0 Å². The summed E-state index contributed by atoms with van der Waals surface area (Å²) in [6.07, 6.45) is 5.34. The first-order chi connectivity index (χ1) is 12.8. The van der Waals surface area contributed by atoms with E-state index in [4.69, 9.17) is 4.74 Å². The highest BCUT2D eigenvalue weighted by Crippen LogP contribution is 2.16. The van der Waals surface area contributed by atoms with Gasteiger partial charge in [0.05, 0.1) is 11.9 Å². The SMILES string of the molecule is O=C(Nc1cccc(CNCc2cnc3ccccn23)c1)C1CCCO1. The second kappa shape index (κ2) is 7.68. The minimum Gasteiger partial charge on any atom is -0.368 e. The highest BCUT2D eigenvalue weighted by molar-refractivity contribution is 5.94. The molecule has 1 aromatic carbocycles. The molecule has 2 aromatic heterocycles. The van der Waals surface area contributed by atoms with Crippen LogP contribution in [-0.4, -0.2) is 28.0 Å². The Morgan fingerprint density at radius 1 is 1.23 bits per heavy atom. The summed E-state index contributed by atoms with van der Waals surface area (Å²) in [7, 11) is 0. The molecule has 0 bridgehead atoms. The molecular formula is C20H22N4O2. The fraction of sp³-hybridized carbons (Fsp3) is 0.300. The van der Waals surface area contributed by atoms with Crippen LogP contribution < -0.4 is 10.6 Å². The van der Waals surface area contributed by atoms with Crippen molar-refractivity contribution in [3.8, 4) is 0 Å². The summed E-state index contributed by atoms with van der Waals surface area (Å²) in [4.78, 5) is 16.6. The van der Waals surface area contributed by atoms with Gasteiger partial charge in [-0.3, -0.25) is 4.79 Å². The zero-order valence-corrected chi connectivity index (χ0v) is 14.5. The van der Waals surface area contributed by atoms with Crippen LogP contribution in [0.1, 0.15) is 24.1 Å². The zero-order chi connectivity index (χ0) is 17.8. The number of hydrogen-bond acceptors (Lipinski definition) is 4. The number of fused-ring (bicyclic) bond motifs is 1. The zero-order valence-electron chi connectivity index (χ0n) is 14.5. The van der Waals surface area contributed by atoms with E-state index in [2.05, 4.69) is 20.0 Å². The van der Waals surface area contributed by atoms with E-state index in [1.165, 1.54) is 0 Å². The molecular weight excluding hydrogens is 328 g/mol. The number of ether oxygens (including phenoxy) is 1. The van der Waals surface area contributed by atoms with Crippen molar-refractivity contribution in [1.29, 1.82) is 0 Å². The van der Waals surface area contributed by atoms with Crippen LogP contribution >= 0.6 is 0 Å². The van der Waals surface area contributed by atoms with Crippen LogP contribution in [0.5, 0.6) is 0 Å². The minimum absolute atomic E-state index is 0.0571. The molecule has 0 spiro atoms. The smallest absolute Gasteiger partial charge is 0.253 e. The highest BCUT2D eigenvalue weighted by atomic mass is 16.5. The number of aromatic nitrogens is 2. The molecule has 3 aromatic rings. The molecule has 4 rings (SSSR count). The van der Waals surface area contributed by atoms with Crippen molar-refractivity contribution >= 4 is 17.2 Å². The maximum atomic E-state index is 12.2. The third-order valence-corrected chi connectivity index (χ3v) is 4.55. The number of benzene rings is 1. The fourth-order valence-electron chi connectivity index (χ4n) is 3.22. The van der Waals surface area contributed by atoms with Gasteiger partial charge in [-0.1, -0.05) is 18.2 Å². The molecule has 1 saturated heterocycles. The summed E-state index contributed by atoms with van der Waals surface area (Å²) in [5.41, 5.74) is 3.98. The molecule has 6 nitrogen and oxygen atoms in total. The molecule has 1 fully saturated rings. The second-order valence-corrected chi connectivity index (χ2v) is 6.47. The molecule has 26 heavy (non-hydrogen) atoms. The largest absolute Gasteiger partial charge is 0.368 e. The molecule has 1 aliphatic rings. The summed E-state index contributed by atoms with van der Waals surface area (Å²) in [5, 5.41) is 6.38. The summed E-state index contributed by atoms with van der Waals surface area (Å²) in [6, 6.07) is 13.9. The van der Waals surface area contributed by atoms with Crippen LogP contribution in [0.25, 0.3) is 5.65 Å². The van der Waals surface area contributed by atoms with Gasteiger partial charge in [0.25, 0.3) is 5.91 Å². The molecule has 6 heteroatoms. The number of amides is 1. The number of carbonyl (C=O) groups is 1. The van der Waals surface area contributed by atoms with Crippen LogP contribution in [-0.2, 0) is 22.6 Å². The van der Waals surface area contributed by atoms with Gasteiger partial charge in [-0.2, -0.15) is 0 Å². The lowest BCUT2D eigenvalue weighted by Crippen LogP contribution is -2.26. The van der Waals surface area contributed by atoms with E-state index in [1.807, 2.05) is 54.9 Å². The van der Waals surface area contributed by atoms with Gasteiger partial charge in [-0.25, -0.2) is 4.98 Å². The average molecular weight is 350 g/mol. The maximum Gasteiger partial charge on any atom is 0.253 e. The van der Waals surface area contributed by atoms with Crippen LogP contribution in [0.3, 0.4) is 0 Å². The van der Waals surface area contributed by atoms with E-state index < -0.39 is 0 Å². The van der Waals surface area contributed by atoms with E-state index in [-0.39, 0.29) is 12.0 Å². The second-order valence-electron chi connectivity index (χ2n) is 6.47. The molecule has 1 amide bonds. The minimum atomic E-state index is -0.313. The predicted molar refractivity (Wildman–Crippen MR) is 99.8 cm³/mol. The Balaban J connectivity index is 1.34. The molecule has 1 atom stereocenters. The molecule has 1 unspecified atom stereocenters. The summed E-state index contributed by atoms with van der Waals surface area (Å²) in [6.45, 7) is 2.10. The number of rotatable bonds is 6. The van der Waals surface area contributed by atoms with Gasteiger partial charge in [0.15, 0.2) is 0 Å². The van der Waals surface area contributed by atoms with Gasteiger partial charge in [0.2, 0.25) is 0 Å². The monoisotopic (exact) mass is 350 g/mol. The van der Waals surface area contributed by atoms with Crippen molar-refractivity contribution in [3.63, 3.8) is 0 Å². The third kappa shape index (κ3) is 3.76. The Bertz CT molecular complexity index is 899. The topological polar surface area (TPSA) is 67.7 Å². The van der Waals surface area contributed by atoms with Gasteiger partial charge in [0, 0.05) is 31.6 Å². The van der Waals surface area contributed by atoms with Crippen molar-refractivity contribution < 1.29 is 9.53 Å². The normalized spacial score (nSPS) is 16.8. The Morgan fingerprint density at radius 2 is 2.19 bits per heavy atom. The van der Waals surface area contributed by atoms with Crippen molar-refractivity contribution in [2.24, 2.45) is 0 Å². The van der Waals surface area contributed by atoms with Crippen molar-refractivity contribution in [1.82, 2.24) is 14.7 Å². The van der Waals surface area contributed by atoms with Gasteiger partial charge in [0.1, 0.15) is 11.8 Å². The van der Waals surface area contributed by atoms with E-state index in [9.17, 15) is 4.79 Å². The lowest BCUT2D eigenvalue weighted by atomic mass is 10.2. The van der Waals surface area contributed by atoms with Crippen LogP contribution in [0.15, 0.2) is 54.9 Å². The van der Waals surface area contributed by atoms with E-state index in [0.717, 1.165) is 42.0 Å². The highest BCUT2D eigenvalue weighted by Gasteiger charge is 2.23. The Labute approximate surface area is 152 Å². The first kappa shape index (κ1) is 16.8. The quantitative estimate of drug-likeness (QED) is 0.717. The fourth-order valence-corrected chi connectivity index (χ4v) is 3.22. The van der Waals surface area contributed by atoms with Gasteiger partial charge in [-0.05, 0) is 42.7 Å². The Morgan fingerprint density at radius 3 is 3.08 bits per heavy atom. The van der Waals surface area contributed by atoms with Crippen LogP contribution in [0.2, 0.25) is 0 Å². The first-order valence-corrected chi connectivity index (χ1v) is 8.93. The Hall–Kier alpha value is -2.70. The van der Waals surface area contributed by atoms with E-state index >= 15 is 0 Å². The summed E-state index contributed by atoms with van der Waals surface area (Å²) >= 11 is 0. The molecule has 2 N–H and O–H groups in total. The number of imidazole rings is 1. The van der Waals surface area contributed by atoms with Crippen molar-refractivity contribution in [2.75, 3.05) is 11.9 Å². The molecule has 0 radical (unpaired) electrons. The molecule has 1 aliphatic heterocycles. The van der Waals surface area contributed by atoms with Crippen LogP contribution in [0.4, 0.5) is 5.69 Å². The van der Waals surface area contributed by atoms with Crippen molar-refractivity contribution in [3.05, 3.63) is 66.1 Å². The maximum absolute atomic E-state index is 12.2. The first-order valence-electron chi connectivity index (χ1n) is 8.93. The lowest BCUT2D eigenvalue weighted by molar-refractivity contribution is -0.124. The summed E-state index contributed by atoms with van der Waals surface area (Å²) in [5.74, 6) is -0.0571. The van der Waals surface area contributed by atoms with Gasteiger partial charge >= 0.3 is 0 Å². The number of anilines is 1. The number of carbonyl (C=O) groups excluding carboxylic acids is 1. The molecule has 0 aliphatic carbocycles. The van der Waals surface area contributed by atoms with Gasteiger partial charge in [-0.15, -0.1) is 0 Å².